The molecule has 19 heavy (non-hydrogen) atoms. The largest absolute Gasteiger partial charge is 0.310 e. The van der Waals surface area contributed by atoms with Crippen LogP contribution in [-0.4, -0.2) is 6.54 Å². The minimum atomic E-state index is 0.539. The van der Waals surface area contributed by atoms with Crippen molar-refractivity contribution >= 4 is 27.3 Å². The third-order valence-corrected chi connectivity index (χ3v) is 6.20. The molecule has 0 aromatic carbocycles. The van der Waals surface area contributed by atoms with Crippen LogP contribution >= 0.6 is 27.3 Å². The van der Waals surface area contributed by atoms with Crippen LogP contribution in [0.25, 0.3) is 0 Å². The molecule has 0 bridgehead atoms. The number of rotatable bonds is 5. The van der Waals surface area contributed by atoms with E-state index in [0.29, 0.717) is 11.5 Å². The van der Waals surface area contributed by atoms with E-state index in [1.54, 1.807) is 11.3 Å². The van der Waals surface area contributed by atoms with E-state index in [4.69, 9.17) is 0 Å². The molecule has 108 valence electrons. The summed E-state index contributed by atoms with van der Waals surface area (Å²) in [5, 5.41) is 8.31. The highest BCUT2D eigenvalue weighted by atomic mass is 79.9. The molecule has 1 saturated carbocycles. The van der Waals surface area contributed by atoms with Gasteiger partial charge in [0.15, 0.2) is 0 Å². The van der Waals surface area contributed by atoms with Gasteiger partial charge >= 0.3 is 0 Å². The van der Waals surface area contributed by atoms with E-state index in [2.05, 4.69) is 52.8 Å². The summed E-state index contributed by atoms with van der Waals surface area (Å²) in [5.74, 6) is 0.797. The maximum Gasteiger partial charge on any atom is 0.0368 e. The van der Waals surface area contributed by atoms with Crippen LogP contribution in [0.4, 0.5) is 0 Å². The maximum absolute atomic E-state index is 3.79. The molecule has 1 atom stereocenters. The van der Waals surface area contributed by atoms with Crippen molar-refractivity contribution in [3.63, 3.8) is 0 Å². The molecule has 0 aliphatic heterocycles. The molecule has 1 aliphatic rings. The fourth-order valence-corrected chi connectivity index (χ4v) is 4.68. The Kier molecular flexibility index (Phi) is 5.50. The zero-order chi connectivity index (χ0) is 13.9. The van der Waals surface area contributed by atoms with Gasteiger partial charge in [0.05, 0.1) is 0 Å². The standard InChI is InChI=1S/C16H26BrNS/c1-4-9-18-15(13-10-19-11-14(13)17)12-5-7-16(2,3)8-6-12/h10-12,15,18H,4-9H2,1-3H3. The van der Waals surface area contributed by atoms with Gasteiger partial charge in [0.2, 0.25) is 0 Å². The molecule has 1 fully saturated rings. The SMILES string of the molecule is CCCNC(c1cscc1Br)C1CCC(C)(C)CC1. The van der Waals surface area contributed by atoms with Gasteiger partial charge in [-0.1, -0.05) is 20.8 Å². The average Bonchev–Trinajstić information content (AvgIpc) is 2.78. The second-order valence-corrected chi connectivity index (χ2v) is 8.21. The summed E-state index contributed by atoms with van der Waals surface area (Å²) in [4.78, 5) is 0. The van der Waals surface area contributed by atoms with Crippen molar-refractivity contribution in [2.45, 2.75) is 58.9 Å². The molecule has 0 radical (unpaired) electrons. The van der Waals surface area contributed by atoms with Crippen LogP contribution in [0.1, 0.15) is 64.5 Å². The van der Waals surface area contributed by atoms with Crippen molar-refractivity contribution in [3.8, 4) is 0 Å². The van der Waals surface area contributed by atoms with Gasteiger partial charge in [0.1, 0.15) is 0 Å². The highest BCUT2D eigenvalue weighted by molar-refractivity contribution is 9.10. The zero-order valence-corrected chi connectivity index (χ0v) is 14.7. The molecule has 1 aromatic rings. The van der Waals surface area contributed by atoms with E-state index in [1.165, 1.54) is 42.1 Å². The van der Waals surface area contributed by atoms with Crippen molar-refractivity contribution in [2.75, 3.05) is 6.54 Å². The Labute approximate surface area is 130 Å². The van der Waals surface area contributed by atoms with Crippen LogP contribution in [0.3, 0.4) is 0 Å². The Morgan fingerprint density at radius 1 is 1.37 bits per heavy atom. The second-order valence-electron chi connectivity index (χ2n) is 6.61. The van der Waals surface area contributed by atoms with Gasteiger partial charge in [0, 0.05) is 15.9 Å². The topological polar surface area (TPSA) is 12.0 Å². The average molecular weight is 344 g/mol. The number of halogens is 1. The van der Waals surface area contributed by atoms with Gasteiger partial charge in [-0.15, -0.1) is 0 Å². The van der Waals surface area contributed by atoms with Crippen molar-refractivity contribution in [1.82, 2.24) is 5.32 Å². The van der Waals surface area contributed by atoms with Gasteiger partial charge in [-0.05, 0) is 76.9 Å². The van der Waals surface area contributed by atoms with Crippen LogP contribution in [0.2, 0.25) is 0 Å². The molecule has 1 aliphatic carbocycles. The molecule has 1 N–H and O–H groups in total. The molecule has 0 saturated heterocycles. The van der Waals surface area contributed by atoms with Crippen LogP contribution < -0.4 is 5.32 Å². The lowest BCUT2D eigenvalue weighted by Gasteiger charge is -2.38. The molecule has 2 rings (SSSR count). The lowest BCUT2D eigenvalue weighted by molar-refractivity contribution is 0.161. The molecule has 1 nitrogen and oxygen atoms in total. The van der Waals surface area contributed by atoms with Gasteiger partial charge in [-0.25, -0.2) is 0 Å². The van der Waals surface area contributed by atoms with E-state index in [0.717, 1.165) is 12.5 Å². The molecule has 0 amide bonds. The fraction of sp³-hybridized carbons (Fsp3) is 0.750. The van der Waals surface area contributed by atoms with E-state index < -0.39 is 0 Å². The number of hydrogen-bond acceptors (Lipinski definition) is 2. The van der Waals surface area contributed by atoms with Crippen molar-refractivity contribution < 1.29 is 0 Å². The Balaban J connectivity index is 2.08. The van der Waals surface area contributed by atoms with E-state index in [1.807, 2.05) is 0 Å². The second kappa shape index (κ2) is 6.73. The summed E-state index contributed by atoms with van der Waals surface area (Å²) in [6.07, 6.45) is 6.65. The summed E-state index contributed by atoms with van der Waals surface area (Å²) in [5.41, 5.74) is 2.03. The Morgan fingerprint density at radius 3 is 2.58 bits per heavy atom. The van der Waals surface area contributed by atoms with Crippen molar-refractivity contribution in [1.29, 1.82) is 0 Å². The van der Waals surface area contributed by atoms with Gasteiger partial charge in [-0.3, -0.25) is 0 Å². The highest BCUT2D eigenvalue weighted by Gasteiger charge is 2.32. The first kappa shape index (κ1) is 15.5. The summed E-state index contributed by atoms with van der Waals surface area (Å²) in [6.45, 7) is 8.19. The lowest BCUT2D eigenvalue weighted by Crippen LogP contribution is -2.33. The first-order valence-corrected chi connectivity index (χ1v) is 9.22. The molecule has 1 heterocycles. The van der Waals surface area contributed by atoms with Crippen molar-refractivity contribution in [2.24, 2.45) is 11.3 Å². The van der Waals surface area contributed by atoms with Gasteiger partial charge in [0.25, 0.3) is 0 Å². The predicted octanol–water partition coefficient (Wildman–Crippen LogP) is 5.77. The smallest absolute Gasteiger partial charge is 0.0368 e. The molecule has 1 unspecified atom stereocenters. The van der Waals surface area contributed by atoms with Crippen LogP contribution in [0.15, 0.2) is 15.2 Å². The predicted molar refractivity (Wildman–Crippen MR) is 88.8 cm³/mol. The Bertz CT molecular complexity index is 389. The number of thiophene rings is 1. The number of nitrogens with one attached hydrogen (secondary N) is 1. The van der Waals surface area contributed by atoms with Crippen molar-refractivity contribution in [3.05, 3.63) is 20.8 Å². The Morgan fingerprint density at radius 2 is 2.05 bits per heavy atom. The first-order chi connectivity index (χ1) is 9.03. The zero-order valence-electron chi connectivity index (χ0n) is 12.3. The number of hydrogen-bond donors (Lipinski definition) is 1. The van der Waals surface area contributed by atoms with E-state index in [-0.39, 0.29) is 0 Å². The van der Waals surface area contributed by atoms with E-state index in [9.17, 15) is 0 Å². The van der Waals surface area contributed by atoms with Gasteiger partial charge < -0.3 is 5.32 Å². The molecular formula is C16H26BrNS. The van der Waals surface area contributed by atoms with E-state index >= 15 is 0 Å². The first-order valence-electron chi connectivity index (χ1n) is 7.48. The third-order valence-electron chi connectivity index (χ3n) is 4.45. The third kappa shape index (κ3) is 4.05. The molecule has 1 aromatic heterocycles. The monoisotopic (exact) mass is 343 g/mol. The summed E-state index contributed by atoms with van der Waals surface area (Å²) in [7, 11) is 0. The summed E-state index contributed by atoms with van der Waals surface area (Å²) in [6, 6.07) is 0.539. The Hall–Kier alpha value is 0.140. The quantitative estimate of drug-likeness (QED) is 0.715. The minimum Gasteiger partial charge on any atom is -0.310 e. The maximum atomic E-state index is 3.79. The molecule has 0 spiro atoms. The summed E-state index contributed by atoms with van der Waals surface area (Å²) >= 11 is 5.52. The lowest BCUT2D eigenvalue weighted by atomic mass is 9.70. The molecular weight excluding hydrogens is 318 g/mol. The van der Waals surface area contributed by atoms with Gasteiger partial charge in [-0.2, -0.15) is 11.3 Å². The normalized spacial score (nSPS) is 21.5. The molecule has 3 heteroatoms. The van der Waals surface area contributed by atoms with Crippen LogP contribution in [0, 0.1) is 11.3 Å². The van der Waals surface area contributed by atoms with Crippen LogP contribution in [0.5, 0.6) is 0 Å². The highest BCUT2D eigenvalue weighted by Crippen LogP contribution is 2.44. The minimum absolute atomic E-state index is 0.539. The summed E-state index contributed by atoms with van der Waals surface area (Å²) < 4.78 is 1.29. The fourth-order valence-electron chi connectivity index (χ4n) is 3.10. The van der Waals surface area contributed by atoms with Crippen LogP contribution in [-0.2, 0) is 0 Å².